The molecular formula is C15H19ClO3. The van der Waals surface area contributed by atoms with Crippen molar-refractivity contribution in [3.8, 4) is 11.5 Å². The van der Waals surface area contributed by atoms with E-state index in [1.165, 1.54) is 0 Å². The number of allylic oxidation sites excluding steroid dienone is 1. The van der Waals surface area contributed by atoms with Crippen LogP contribution in [0.2, 0.25) is 5.02 Å². The van der Waals surface area contributed by atoms with Crippen LogP contribution in [0.25, 0.3) is 6.08 Å². The molecule has 0 heterocycles. The Morgan fingerprint density at radius 3 is 2.42 bits per heavy atom. The number of carbonyl (C=O) groups excluding carboxylic acids is 1. The van der Waals surface area contributed by atoms with Crippen molar-refractivity contribution >= 4 is 24.0 Å². The van der Waals surface area contributed by atoms with Crippen molar-refractivity contribution in [1.82, 2.24) is 0 Å². The van der Waals surface area contributed by atoms with E-state index in [0.717, 1.165) is 25.7 Å². The molecule has 0 amide bonds. The van der Waals surface area contributed by atoms with Crippen molar-refractivity contribution < 1.29 is 15.0 Å². The molecule has 0 bridgehead atoms. The van der Waals surface area contributed by atoms with Gasteiger partial charge in [0.2, 0.25) is 0 Å². The molecule has 19 heavy (non-hydrogen) atoms. The molecule has 1 aromatic carbocycles. The number of halogens is 1. The van der Waals surface area contributed by atoms with E-state index in [1.54, 1.807) is 13.0 Å². The van der Waals surface area contributed by atoms with Crippen molar-refractivity contribution in [3.63, 3.8) is 0 Å². The molecule has 0 aromatic heterocycles. The number of benzene rings is 1. The lowest BCUT2D eigenvalue weighted by Gasteiger charge is -2.11. The summed E-state index contributed by atoms with van der Waals surface area (Å²) < 4.78 is 0. The number of hydrogen-bond donors (Lipinski definition) is 2. The Morgan fingerprint density at radius 1 is 1.16 bits per heavy atom. The first-order valence-corrected chi connectivity index (χ1v) is 6.78. The van der Waals surface area contributed by atoms with Gasteiger partial charge in [-0.2, -0.15) is 0 Å². The molecule has 0 radical (unpaired) electrons. The zero-order valence-electron chi connectivity index (χ0n) is 11.2. The maximum atomic E-state index is 11.0. The first-order valence-electron chi connectivity index (χ1n) is 6.40. The van der Waals surface area contributed by atoms with Gasteiger partial charge in [0.05, 0.1) is 16.1 Å². The molecular weight excluding hydrogens is 264 g/mol. The summed E-state index contributed by atoms with van der Waals surface area (Å²) in [5.74, 6) is -0.407. The lowest BCUT2D eigenvalue weighted by atomic mass is 10.0. The second kappa shape index (κ2) is 7.19. The summed E-state index contributed by atoms with van der Waals surface area (Å²) in [6, 6.07) is 0. The van der Waals surface area contributed by atoms with Crippen molar-refractivity contribution in [2.75, 3.05) is 0 Å². The Labute approximate surface area is 118 Å². The van der Waals surface area contributed by atoms with Crippen LogP contribution < -0.4 is 0 Å². The maximum absolute atomic E-state index is 11.0. The highest BCUT2D eigenvalue weighted by Gasteiger charge is 2.18. The van der Waals surface area contributed by atoms with Crippen LogP contribution in [0.3, 0.4) is 0 Å². The van der Waals surface area contributed by atoms with Gasteiger partial charge in [0.15, 0.2) is 6.29 Å². The van der Waals surface area contributed by atoms with E-state index >= 15 is 0 Å². The average molecular weight is 283 g/mol. The minimum absolute atomic E-state index is 0.105. The number of hydrogen-bond acceptors (Lipinski definition) is 3. The SMILES string of the molecule is CCCCCC=Cc1c(O)c(Cl)c(C)c(C=O)c1O. The minimum atomic E-state index is -0.221. The Hall–Kier alpha value is -1.48. The second-order valence-electron chi connectivity index (χ2n) is 4.48. The maximum Gasteiger partial charge on any atom is 0.154 e. The van der Waals surface area contributed by atoms with Gasteiger partial charge < -0.3 is 10.2 Å². The molecule has 0 atom stereocenters. The molecule has 0 aliphatic heterocycles. The summed E-state index contributed by atoms with van der Waals surface area (Å²) >= 11 is 5.95. The van der Waals surface area contributed by atoms with Crippen LogP contribution in [0.5, 0.6) is 11.5 Å². The van der Waals surface area contributed by atoms with E-state index < -0.39 is 0 Å². The van der Waals surface area contributed by atoms with Crippen molar-refractivity contribution in [2.24, 2.45) is 0 Å². The van der Waals surface area contributed by atoms with Crippen LogP contribution in [-0.4, -0.2) is 16.5 Å². The van der Waals surface area contributed by atoms with Gasteiger partial charge in [-0.15, -0.1) is 0 Å². The molecule has 0 saturated heterocycles. The van der Waals surface area contributed by atoms with Gasteiger partial charge in [0.25, 0.3) is 0 Å². The molecule has 2 N–H and O–H groups in total. The zero-order valence-corrected chi connectivity index (χ0v) is 12.0. The van der Waals surface area contributed by atoms with Gasteiger partial charge in [0.1, 0.15) is 11.5 Å². The van der Waals surface area contributed by atoms with Gasteiger partial charge in [-0.05, 0) is 25.3 Å². The molecule has 0 saturated carbocycles. The summed E-state index contributed by atoms with van der Waals surface area (Å²) in [5, 5.41) is 20.0. The third-order valence-corrected chi connectivity index (χ3v) is 3.55. The Morgan fingerprint density at radius 2 is 1.84 bits per heavy atom. The molecule has 0 fully saturated rings. The molecule has 0 aliphatic carbocycles. The summed E-state index contributed by atoms with van der Waals surface area (Å²) in [5.41, 5.74) is 0.708. The van der Waals surface area contributed by atoms with Gasteiger partial charge in [0, 0.05) is 0 Å². The highest BCUT2D eigenvalue weighted by molar-refractivity contribution is 6.33. The molecule has 104 valence electrons. The van der Waals surface area contributed by atoms with E-state index in [1.807, 2.05) is 6.08 Å². The molecule has 0 unspecified atom stereocenters. The summed E-state index contributed by atoms with van der Waals surface area (Å²) in [4.78, 5) is 11.0. The fourth-order valence-electron chi connectivity index (χ4n) is 1.86. The van der Waals surface area contributed by atoms with Gasteiger partial charge in [-0.1, -0.05) is 43.5 Å². The van der Waals surface area contributed by atoms with Crippen molar-refractivity contribution in [3.05, 3.63) is 27.8 Å². The fraction of sp³-hybridized carbons (Fsp3) is 0.400. The second-order valence-corrected chi connectivity index (χ2v) is 4.86. The van der Waals surface area contributed by atoms with Crippen LogP contribution in [0.1, 0.15) is 54.1 Å². The lowest BCUT2D eigenvalue weighted by molar-refractivity contribution is 0.112. The van der Waals surface area contributed by atoms with E-state index in [4.69, 9.17) is 11.6 Å². The number of aromatic hydroxyl groups is 2. The summed E-state index contributed by atoms with van der Waals surface area (Å²) in [6.07, 6.45) is 8.20. The highest BCUT2D eigenvalue weighted by atomic mass is 35.5. The molecule has 1 aromatic rings. The third-order valence-electron chi connectivity index (χ3n) is 3.08. The van der Waals surface area contributed by atoms with Gasteiger partial charge in [-0.25, -0.2) is 0 Å². The number of unbranched alkanes of at least 4 members (excludes halogenated alkanes) is 3. The third kappa shape index (κ3) is 3.51. The lowest BCUT2D eigenvalue weighted by Crippen LogP contribution is -1.93. The van der Waals surface area contributed by atoms with Crippen LogP contribution in [0.15, 0.2) is 6.08 Å². The Balaban J connectivity index is 3.07. The zero-order chi connectivity index (χ0) is 14.4. The van der Waals surface area contributed by atoms with Crippen molar-refractivity contribution in [2.45, 2.75) is 39.5 Å². The fourth-order valence-corrected chi connectivity index (χ4v) is 2.07. The minimum Gasteiger partial charge on any atom is -0.506 e. The van der Waals surface area contributed by atoms with E-state index in [9.17, 15) is 15.0 Å². The molecule has 1 rings (SSSR count). The van der Waals surface area contributed by atoms with E-state index in [0.29, 0.717) is 11.8 Å². The Kier molecular flexibility index (Phi) is 5.90. The normalized spacial score (nSPS) is 11.1. The average Bonchev–Trinajstić information content (AvgIpc) is 2.40. The molecule has 3 nitrogen and oxygen atoms in total. The quantitative estimate of drug-likeness (QED) is 0.598. The number of aldehydes is 1. The van der Waals surface area contributed by atoms with Crippen LogP contribution >= 0.6 is 11.6 Å². The topological polar surface area (TPSA) is 57.5 Å². The largest absolute Gasteiger partial charge is 0.506 e. The first kappa shape index (κ1) is 15.6. The van der Waals surface area contributed by atoms with Gasteiger partial charge >= 0.3 is 0 Å². The number of phenolic OH excluding ortho intramolecular Hbond substituents is 2. The number of carbonyl (C=O) groups is 1. The molecule has 4 heteroatoms. The van der Waals surface area contributed by atoms with E-state index in [2.05, 4.69) is 6.92 Å². The summed E-state index contributed by atoms with van der Waals surface area (Å²) in [6.45, 7) is 3.71. The smallest absolute Gasteiger partial charge is 0.154 e. The van der Waals surface area contributed by atoms with Crippen LogP contribution in [0, 0.1) is 6.92 Å². The standard InChI is InChI=1S/C15H19ClO3/c1-3-4-5-6-7-8-11-14(18)12(9-17)10(2)13(16)15(11)19/h7-9,18-19H,3-6H2,1-2H3. The number of phenols is 2. The predicted molar refractivity (Wildman–Crippen MR) is 78.1 cm³/mol. The highest BCUT2D eigenvalue weighted by Crippen LogP contribution is 2.40. The predicted octanol–water partition coefficient (Wildman–Crippen LogP) is 4.47. The van der Waals surface area contributed by atoms with Crippen molar-refractivity contribution in [1.29, 1.82) is 0 Å². The Bertz CT molecular complexity index is 493. The molecule has 0 aliphatic rings. The van der Waals surface area contributed by atoms with E-state index in [-0.39, 0.29) is 27.6 Å². The first-order chi connectivity index (χ1) is 9.04. The summed E-state index contributed by atoms with van der Waals surface area (Å²) in [7, 11) is 0. The van der Waals surface area contributed by atoms with Crippen LogP contribution in [0.4, 0.5) is 0 Å². The molecule has 0 spiro atoms. The monoisotopic (exact) mass is 282 g/mol. The van der Waals surface area contributed by atoms with Crippen LogP contribution in [-0.2, 0) is 0 Å². The van der Waals surface area contributed by atoms with Gasteiger partial charge in [-0.3, -0.25) is 4.79 Å². The number of rotatable bonds is 6.